The summed E-state index contributed by atoms with van der Waals surface area (Å²) in [7, 11) is 0. The molecule has 114 valence electrons. The van der Waals surface area contributed by atoms with E-state index < -0.39 is 0 Å². The normalized spacial score (nSPS) is 16.7. The minimum absolute atomic E-state index is 0.442. The molecule has 1 fully saturated rings. The van der Waals surface area contributed by atoms with Gasteiger partial charge < -0.3 is 9.30 Å². The van der Waals surface area contributed by atoms with E-state index >= 15 is 0 Å². The van der Waals surface area contributed by atoms with Crippen molar-refractivity contribution in [1.82, 2.24) is 9.55 Å². The fourth-order valence-electron chi connectivity index (χ4n) is 3.30. The van der Waals surface area contributed by atoms with Gasteiger partial charge in [0.15, 0.2) is 0 Å². The molecule has 2 aromatic rings. The zero-order valence-corrected chi connectivity index (χ0v) is 13.4. The number of benzene rings is 1. The molecule has 0 radical (unpaired) electrons. The minimum atomic E-state index is 0.442. The largest absolute Gasteiger partial charge is 0.376 e. The molecule has 0 bridgehead atoms. The average molecular weight is 307 g/mol. The lowest BCUT2D eigenvalue weighted by molar-refractivity contribution is 0.0242. The molecular formula is C17H23ClN2O. The van der Waals surface area contributed by atoms with E-state index in [0.717, 1.165) is 24.5 Å². The Hall–Kier alpha value is -1.06. The Kier molecular flexibility index (Phi) is 4.81. The summed E-state index contributed by atoms with van der Waals surface area (Å²) in [6.07, 6.45) is 6.86. The fraction of sp³-hybridized carbons (Fsp3) is 0.588. The van der Waals surface area contributed by atoms with Gasteiger partial charge in [0, 0.05) is 6.54 Å². The van der Waals surface area contributed by atoms with Crippen LogP contribution in [0.2, 0.25) is 0 Å². The topological polar surface area (TPSA) is 27.1 Å². The van der Waals surface area contributed by atoms with E-state index in [1.165, 1.54) is 43.2 Å². The van der Waals surface area contributed by atoms with Crippen LogP contribution in [0.25, 0.3) is 11.0 Å². The second kappa shape index (κ2) is 6.80. The number of para-hydroxylation sites is 1. The molecule has 0 amide bonds. The Morgan fingerprint density at radius 2 is 2.10 bits per heavy atom. The van der Waals surface area contributed by atoms with Gasteiger partial charge in [0.1, 0.15) is 5.82 Å². The first-order valence-corrected chi connectivity index (χ1v) is 8.45. The highest BCUT2D eigenvalue weighted by atomic mass is 35.5. The number of nitrogens with zero attached hydrogens (tertiary/aromatic N) is 2. The van der Waals surface area contributed by atoms with Gasteiger partial charge in [-0.1, -0.05) is 31.4 Å². The van der Waals surface area contributed by atoms with E-state index in [0.29, 0.717) is 12.0 Å². The van der Waals surface area contributed by atoms with E-state index in [2.05, 4.69) is 28.6 Å². The molecule has 0 saturated heterocycles. The molecule has 21 heavy (non-hydrogen) atoms. The summed E-state index contributed by atoms with van der Waals surface area (Å²) in [5.41, 5.74) is 3.47. The predicted octanol–water partition coefficient (Wildman–Crippen LogP) is 4.43. The van der Waals surface area contributed by atoms with E-state index in [4.69, 9.17) is 16.3 Å². The lowest BCUT2D eigenvalue weighted by atomic mass is 9.98. The highest BCUT2D eigenvalue weighted by Crippen LogP contribution is 2.23. The monoisotopic (exact) mass is 306 g/mol. The number of aromatic nitrogens is 2. The lowest BCUT2D eigenvalue weighted by Gasteiger charge is -2.22. The molecule has 1 aliphatic carbocycles. The smallest absolute Gasteiger partial charge is 0.124 e. The van der Waals surface area contributed by atoms with Crippen LogP contribution in [0.15, 0.2) is 18.2 Å². The van der Waals surface area contributed by atoms with Crippen molar-refractivity contribution in [1.29, 1.82) is 0 Å². The zero-order chi connectivity index (χ0) is 14.7. The molecule has 0 aliphatic heterocycles. The quantitative estimate of drug-likeness (QED) is 0.764. The molecule has 1 saturated carbocycles. The number of alkyl halides is 1. The second-order valence-electron chi connectivity index (χ2n) is 5.89. The standard InChI is InChI=1S/C17H23ClN2O/c1-13-6-5-9-15-17(13)20(16(12-18)19-15)10-11-21-14-7-3-2-4-8-14/h5-6,9,14H,2-4,7-8,10-12H2,1H3. The molecule has 1 heterocycles. The number of imidazole rings is 1. The van der Waals surface area contributed by atoms with E-state index in [-0.39, 0.29) is 0 Å². The van der Waals surface area contributed by atoms with Crippen LogP contribution in [0.4, 0.5) is 0 Å². The molecule has 0 spiro atoms. The molecule has 1 aromatic carbocycles. The SMILES string of the molecule is Cc1cccc2nc(CCl)n(CCOC3CCCCC3)c12. The first-order valence-electron chi connectivity index (χ1n) is 7.92. The van der Waals surface area contributed by atoms with Crippen molar-refractivity contribution < 1.29 is 4.74 Å². The molecule has 0 N–H and O–H groups in total. The molecule has 3 rings (SSSR count). The van der Waals surface area contributed by atoms with Crippen LogP contribution in [0.3, 0.4) is 0 Å². The van der Waals surface area contributed by atoms with Crippen LogP contribution in [0, 0.1) is 6.92 Å². The average Bonchev–Trinajstić information content (AvgIpc) is 2.88. The number of hydrogen-bond acceptors (Lipinski definition) is 2. The zero-order valence-electron chi connectivity index (χ0n) is 12.6. The third-order valence-electron chi connectivity index (χ3n) is 4.39. The van der Waals surface area contributed by atoms with Crippen molar-refractivity contribution in [3.05, 3.63) is 29.6 Å². The molecule has 3 nitrogen and oxygen atoms in total. The van der Waals surface area contributed by atoms with E-state index in [1.54, 1.807) is 0 Å². The van der Waals surface area contributed by atoms with Gasteiger partial charge in [-0.05, 0) is 31.4 Å². The Morgan fingerprint density at radius 3 is 2.86 bits per heavy atom. The molecule has 0 unspecified atom stereocenters. The summed E-state index contributed by atoms with van der Waals surface area (Å²) in [5.74, 6) is 1.38. The van der Waals surface area contributed by atoms with Crippen molar-refractivity contribution >= 4 is 22.6 Å². The molecule has 0 atom stereocenters. The number of fused-ring (bicyclic) bond motifs is 1. The summed E-state index contributed by atoms with van der Waals surface area (Å²) in [4.78, 5) is 4.63. The maximum atomic E-state index is 6.06. The Morgan fingerprint density at radius 1 is 1.29 bits per heavy atom. The summed E-state index contributed by atoms with van der Waals surface area (Å²) in [6, 6.07) is 6.23. The molecular weight excluding hydrogens is 284 g/mol. The summed E-state index contributed by atoms with van der Waals surface area (Å²) >= 11 is 6.06. The van der Waals surface area contributed by atoms with Crippen LogP contribution in [-0.4, -0.2) is 22.3 Å². The van der Waals surface area contributed by atoms with Gasteiger partial charge in [-0.15, -0.1) is 11.6 Å². The number of rotatable bonds is 5. The van der Waals surface area contributed by atoms with Crippen LogP contribution in [0.1, 0.15) is 43.5 Å². The molecule has 4 heteroatoms. The maximum Gasteiger partial charge on any atom is 0.124 e. The van der Waals surface area contributed by atoms with Crippen molar-refractivity contribution in [3.8, 4) is 0 Å². The Balaban J connectivity index is 1.73. The highest BCUT2D eigenvalue weighted by molar-refractivity contribution is 6.16. The van der Waals surface area contributed by atoms with Crippen LogP contribution in [0.5, 0.6) is 0 Å². The van der Waals surface area contributed by atoms with Crippen LogP contribution < -0.4 is 0 Å². The number of halogens is 1. The first kappa shape index (κ1) is 14.9. The Labute approximate surface area is 131 Å². The highest BCUT2D eigenvalue weighted by Gasteiger charge is 2.15. The second-order valence-corrected chi connectivity index (χ2v) is 6.15. The summed E-state index contributed by atoms with van der Waals surface area (Å²) in [6.45, 7) is 3.70. The summed E-state index contributed by atoms with van der Waals surface area (Å²) in [5, 5.41) is 0. The van der Waals surface area contributed by atoms with Gasteiger partial charge >= 0.3 is 0 Å². The predicted molar refractivity (Wildman–Crippen MR) is 86.9 cm³/mol. The summed E-state index contributed by atoms with van der Waals surface area (Å²) < 4.78 is 8.28. The van der Waals surface area contributed by atoms with E-state index in [1.807, 2.05) is 6.07 Å². The van der Waals surface area contributed by atoms with Gasteiger partial charge in [0.25, 0.3) is 0 Å². The van der Waals surface area contributed by atoms with Crippen molar-refractivity contribution in [2.75, 3.05) is 6.61 Å². The van der Waals surface area contributed by atoms with Gasteiger partial charge in [-0.3, -0.25) is 0 Å². The molecule has 1 aliphatic rings. The lowest BCUT2D eigenvalue weighted by Crippen LogP contribution is -2.19. The first-order chi connectivity index (χ1) is 10.3. The fourth-order valence-corrected chi connectivity index (χ4v) is 3.50. The molecule has 1 aromatic heterocycles. The van der Waals surface area contributed by atoms with Gasteiger partial charge in [0.2, 0.25) is 0 Å². The number of hydrogen-bond donors (Lipinski definition) is 0. The van der Waals surface area contributed by atoms with Crippen LogP contribution in [-0.2, 0) is 17.2 Å². The minimum Gasteiger partial charge on any atom is -0.376 e. The third-order valence-corrected chi connectivity index (χ3v) is 4.63. The van der Waals surface area contributed by atoms with Crippen molar-refractivity contribution in [2.24, 2.45) is 0 Å². The van der Waals surface area contributed by atoms with Gasteiger partial charge in [-0.25, -0.2) is 4.98 Å². The van der Waals surface area contributed by atoms with Crippen molar-refractivity contribution in [2.45, 2.75) is 57.6 Å². The third kappa shape index (κ3) is 3.24. The maximum absolute atomic E-state index is 6.06. The van der Waals surface area contributed by atoms with Crippen LogP contribution >= 0.6 is 11.6 Å². The number of aryl methyl sites for hydroxylation is 1. The van der Waals surface area contributed by atoms with E-state index in [9.17, 15) is 0 Å². The van der Waals surface area contributed by atoms with Gasteiger partial charge in [0.05, 0.1) is 29.6 Å². The van der Waals surface area contributed by atoms with Gasteiger partial charge in [-0.2, -0.15) is 0 Å². The number of ether oxygens (including phenoxy) is 1. The Bertz CT molecular complexity index is 602. The van der Waals surface area contributed by atoms with Crippen molar-refractivity contribution in [3.63, 3.8) is 0 Å².